The molecule has 7 heteroatoms. The van der Waals surface area contributed by atoms with Crippen molar-refractivity contribution in [2.45, 2.75) is 19.5 Å². The number of benzene rings is 3. The van der Waals surface area contributed by atoms with Gasteiger partial charge in [-0.25, -0.2) is 4.79 Å². The zero-order valence-corrected chi connectivity index (χ0v) is 18.6. The number of ether oxygens (including phenoxy) is 2. The monoisotopic (exact) mass is 453 g/mol. The Morgan fingerprint density at radius 3 is 2.34 bits per heavy atom. The van der Waals surface area contributed by atoms with Crippen molar-refractivity contribution in [1.29, 1.82) is 0 Å². The first-order valence-corrected chi connectivity index (χ1v) is 10.4. The van der Waals surface area contributed by atoms with E-state index in [-0.39, 0.29) is 29.9 Å². The first-order valence-electron chi connectivity index (χ1n) is 10.0. The minimum Gasteiger partial charge on any atom is -0.497 e. The molecule has 1 amide bonds. The summed E-state index contributed by atoms with van der Waals surface area (Å²) < 4.78 is 10.8. The van der Waals surface area contributed by atoms with Crippen LogP contribution >= 0.6 is 11.6 Å². The van der Waals surface area contributed by atoms with Crippen LogP contribution in [0.25, 0.3) is 0 Å². The van der Waals surface area contributed by atoms with Crippen LogP contribution in [0.3, 0.4) is 0 Å². The average molecular weight is 454 g/mol. The maximum atomic E-state index is 13.2. The van der Waals surface area contributed by atoms with E-state index in [1.807, 2.05) is 49.4 Å². The summed E-state index contributed by atoms with van der Waals surface area (Å²) >= 11 is 5.99. The van der Waals surface area contributed by atoms with Crippen LogP contribution in [-0.4, -0.2) is 35.6 Å². The number of hydrogen-bond donors (Lipinski definition) is 1. The SMILES string of the molecule is COc1ccc(C(=O)O)c(OCC(=O)N(Cc2ccc(Cl)cc2)[C@H](C)c2ccccc2)c1. The van der Waals surface area contributed by atoms with Gasteiger partial charge in [0.2, 0.25) is 0 Å². The van der Waals surface area contributed by atoms with Crippen LogP contribution in [0.1, 0.15) is 34.5 Å². The molecule has 0 aliphatic rings. The number of carboxylic acids is 1. The number of nitrogens with zero attached hydrogens (tertiary/aromatic N) is 1. The number of carbonyl (C=O) groups is 2. The molecule has 6 nitrogen and oxygen atoms in total. The molecule has 0 fully saturated rings. The lowest BCUT2D eigenvalue weighted by Crippen LogP contribution is -2.36. The first kappa shape index (κ1) is 23.2. The van der Waals surface area contributed by atoms with Gasteiger partial charge in [-0.05, 0) is 42.3 Å². The standard InChI is InChI=1S/C25H24ClNO5/c1-17(19-6-4-3-5-7-19)27(15-18-8-10-20(26)11-9-18)24(28)16-32-23-14-21(31-2)12-13-22(23)25(29)30/h3-14,17H,15-16H2,1-2H3,(H,29,30)/t17-/m1/s1. The van der Waals surface area contributed by atoms with Crippen LogP contribution in [0.4, 0.5) is 0 Å². The summed E-state index contributed by atoms with van der Waals surface area (Å²) in [6.07, 6.45) is 0. The van der Waals surface area contributed by atoms with Gasteiger partial charge in [0.25, 0.3) is 5.91 Å². The van der Waals surface area contributed by atoms with Crippen molar-refractivity contribution in [3.63, 3.8) is 0 Å². The Kier molecular flexibility index (Phi) is 7.73. The second-order valence-electron chi connectivity index (χ2n) is 7.19. The van der Waals surface area contributed by atoms with Gasteiger partial charge in [-0.2, -0.15) is 0 Å². The molecule has 3 aromatic carbocycles. The van der Waals surface area contributed by atoms with E-state index in [9.17, 15) is 14.7 Å². The van der Waals surface area contributed by atoms with Gasteiger partial charge in [-0.3, -0.25) is 4.79 Å². The number of carboxylic acid groups (broad SMARTS) is 1. The van der Waals surface area contributed by atoms with Gasteiger partial charge in [0.05, 0.1) is 13.2 Å². The number of methoxy groups -OCH3 is 1. The largest absolute Gasteiger partial charge is 0.497 e. The molecule has 0 aromatic heterocycles. The third kappa shape index (κ3) is 5.80. The fourth-order valence-corrected chi connectivity index (χ4v) is 3.41. The molecule has 1 N–H and O–H groups in total. The smallest absolute Gasteiger partial charge is 0.339 e. The molecule has 3 rings (SSSR count). The number of carbonyl (C=O) groups excluding carboxylic acids is 1. The molecule has 0 heterocycles. The Balaban J connectivity index is 1.83. The molecular weight excluding hydrogens is 430 g/mol. The highest BCUT2D eigenvalue weighted by atomic mass is 35.5. The van der Waals surface area contributed by atoms with Crippen molar-refractivity contribution < 1.29 is 24.2 Å². The molecule has 0 radical (unpaired) electrons. The first-order chi connectivity index (χ1) is 15.4. The highest BCUT2D eigenvalue weighted by molar-refractivity contribution is 6.30. The maximum absolute atomic E-state index is 13.2. The highest BCUT2D eigenvalue weighted by Crippen LogP contribution is 2.27. The van der Waals surface area contributed by atoms with Gasteiger partial charge in [0.1, 0.15) is 17.1 Å². The topological polar surface area (TPSA) is 76.1 Å². The van der Waals surface area contributed by atoms with Gasteiger partial charge in [0.15, 0.2) is 6.61 Å². The van der Waals surface area contributed by atoms with E-state index >= 15 is 0 Å². The molecule has 166 valence electrons. The number of aromatic carboxylic acids is 1. The van der Waals surface area contributed by atoms with E-state index in [1.165, 1.54) is 25.3 Å². The van der Waals surface area contributed by atoms with Crippen molar-refractivity contribution in [3.05, 3.63) is 94.5 Å². The maximum Gasteiger partial charge on any atom is 0.339 e. The Hall–Kier alpha value is -3.51. The summed E-state index contributed by atoms with van der Waals surface area (Å²) in [5.41, 5.74) is 1.85. The van der Waals surface area contributed by atoms with Gasteiger partial charge < -0.3 is 19.5 Å². The molecular formula is C25H24ClNO5. The van der Waals surface area contributed by atoms with E-state index in [0.717, 1.165) is 11.1 Å². The van der Waals surface area contributed by atoms with Gasteiger partial charge in [-0.1, -0.05) is 54.1 Å². The van der Waals surface area contributed by atoms with E-state index in [2.05, 4.69) is 0 Å². The van der Waals surface area contributed by atoms with E-state index in [4.69, 9.17) is 21.1 Å². The van der Waals surface area contributed by atoms with Crippen LogP contribution in [0.2, 0.25) is 5.02 Å². The van der Waals surface area contributed by atoms with Crippen molar-refractivity contribution >= 4 is 23.5 Å². The fourth-order valence-electron chi connectivity index (χ4n) is 3.29. The second kappa shape index (κ2) is 10.7. The second-order valence-corrected chi connectivity index (χ2v) is 7.63. The van der Waals surface area contributed by atoms with Crippen LogP contribution in [-0.2, 0) is 11.3 Å². The van der Waals surface area contributed by atoms with E-state index < -0.39 is 5.97 Å². The summed E-state index contributed by atoms with van der Waals surface area (Å²) in [7, 11) is 1.47. The van der Waals surface area contributed by atoms with Crippen LogP contribution in [0, 0.1) is 0 Å². The summed E-state index contributed by atoms with van der Waals surface area (Å²) in [5.74, 6) is -0.918. The summed E-state index contributed by atoms with van der Waals surface area (Å²) in [6.45, 7) is 1.97. The fraction of sp³-hybridized carbons (Fsp3) is 0.200. The zero-order chi connectivity index (χ0) is 23.1. The lowest BCUT2D eigenvalue weighted by atomic mass is 10.1. The molecule has 3 aromatic rings. The molecule has 0 aliphatic carbocycles. The molecule has 0 spiro atoms. The Morgan fingerprint density at radius 1 is 1.03 bits per heavy atom. The predicted molar refractivity (Wildman–Crippen MR) is 122 cm³/mol. The minimum atomic E-state index is -1.15. The Labute approximate surface area is 192 Å². The van der Waals surface area contributed by atoms with E-state index in [0.29, 0.717) is 17.3 Å². The molecule has 0 saturated heterocycles. The number of hydrogen-bond acceptors (Lipinski definition) is 4. The van der Waals surface area contributed by atoms with Crippen LogP contribution in [0.15, 0.2) is 72.8 Å². The van der Waals surface area contributed by atoms with Crippen molar-refractivity contribution in [2.75, 3.05) is 13.7 Å². The number of rotatable bonds is 9. The third-order valence-corrected chi connectivity index (χ3v) is 5.36. The Morgan fingerprint density at radius 2 is 1.72 bits per heavy atom. The van der Waals surface area contributed by atoms with Gasteiger partial charge in [0, 0.05) is 17.6 Å². The molecule has 32 heavy (non-hydrogen) atoms. The minimum absolute atomic E-state index is 0.0426. The van der Waals surface area contributed by atoms with Crippen molar-refractivity contribution in [1.82, 2.24) is 4.90 Å². The highest BCUT2D eigenvalue weighted by Gasteiger charge is 2.23. The summed E-state index contributed by atoms with van der Waals surface area (Å²) in [4.78, 5) is 26.5. The normalized spacial score (nSPS) is 11.5. The zero-order valence-electron chi connectivity index (χ0n) is 17.8. The molecule has 1 atom stereocenters. The summed E-state index contributed by atoms with van der Waals surface area (Å²) in [5, 5.41) is 10.0. The third-order valence-electron chi connectivity index (χ3n) is 5.11. The predicted octanol–water partition coefficient (Wildman–Crippen LogP) is 5.22. The quantitative estimate of drug-likeness (QED) is 0.481. The van der Waals surface area contributed by atoms with Crippen LogP contribution in [0.5, 0.6) is 11.5 Å². The number of amides is 1. The summed E-state index contributed by atoms with van der Waals surface area (Å²) in [6, 6.07) is 21.1. The van der Waals surface area contributed by atoms with Gasteiger partial charge in [-0.15, -0.1) is 0 Å². The Bertz CT molecular complexity index is 1070. The molecule has 0 saturated carbocycles. The molecule has 0 bridgehead atoms. The lowest BCUT2D eigenvalue weighted by Gasteiger charge is -2.30. The average Bonchev–Trinajstić information content (AvgIpc) is 2.82. The molecule has 0 unspecified atom stereocenters. The number of halogens is 1. The van der Waals surface area contributed by atoms with Crippen LogP contribution < -0.4 is 9.47 Å². The van der Waals surface area contributed by atoms with Crippen molar-refractivity contribution in [2.24, 2.45) is 0 Å². The molecule has 0 aliphatic heterocycles. The lowest BCUT2D eigenvalue weighted by molar-refractivity contribution is -0.136. The van der Waals surface area contributed by atoms with Crippen molar-refractivity contribution in [3.8, 4) is 11.5 Å². The van der Waals surface area contributed by atoms with Gasteiger partial charge >= 0.3 is 5.97 Å². The van der Waals surface area contributed by atoms with E-state index in [1.54, 1.807) is 17.0 Å².